The predicted molar refractivity (Wildman–Crippen MR) is 90.1 cm³/mol. The Morgan fingerprint density at radius 3 is 2.80 bits per heavy atom. The summed E-state index contributed by atoms with van der Waals surface area (Å²) >= 11 is 0. The molecule has 0 aliphatic carbocycles. The molecule has 1 saturated heterocycles. The molecule has 0 unspecified atom stereocenters. The van der Waals surface area contributed by atoms with Gasteiger partial charge in [-0.15, -0.1) is 0 Å². The van der Waals surface area contributed by atoms with Gasteiger partial charge in [-0.2, -0.15) is 0 Å². The molecule has 134 valence electrons. The SMILES string of the molecule is C[C@@H](F)[C@@]1(COCc2ccccc2)CC[C@H](n2ccc(=O)[nH]c2=O)O1. The lowest BCUT2D eigenvalue weighted by Gasteiger charge is -2.31. The van der Waals surface area contributed by atoms with Gasteiger partial charge in [0, 0.05) is 12.3 Å². The van der Waals surface area contributed by atoms with E-state index >= 15 is 0 Å². The van der Waals surface area contributed by atoms with Crippen LogP contribution in [0.15, 0.2) is 52.2 Å². The number of nitrogens with one attached hydrogen (secondary N) is 1. The summed E-state index contributed by atoms with van der Waals surface area (Å²) in [5.74, 6) is 0. The highest BCUT2D eigenvalue weighted by Crippen LogP contribution is 2.39. The maximum absolute atomic E-state index is 14.3. The second kappa shape index (κ2) is 7.33. The number of rotatable bonds is 6. The lowest BCUT2D eigenvalue weighted by molar-refractivity contribution is -0.146. The lowest BCUT2D eigenvalue weighted by atomic mass is 9.96. The standard InChI is InChI=1S/C18H21FN2O4/c1-13(19)18(12-24-11-14-5-3-2-4-6-14)9-7-16(25-18)21-10-8-15(22)20-17(21)23/h2-6,8,10,13,16H,7,9,11-12H2,1H3,(H,20,22,23)/t13-,16-,18+/m1/s1. The summed E-state index contributed by atoms with van der Waals surface area (Å²) in [5, 5.41) is 0. The number of H-pyrrole nitrogens is 1. The molecule has 0 bridgehead atoms. The zero-order chi connectivity index (χ0) is 17.9. The first-order valence-corrected chi connectivity index (χ1v) is 8.25. The predicted octanol–water partition coefficient (Wildman–Crippen LogP) is 2.16. The van der Waals surface area contributed by atoms with E-state index in [9.17, 15) is 14.0 Å². The zero-order valence-corrected chi connectivity index (χ0v) is 14.0. The van der Waals surface area contributed by atoms with Crippen LogP contribution >= 0.6 is 0 Å². The molecule has 25 heavy (non-hydrogen) atoms. The molecule has 1 aliphatic heterocycles. The summed E-state index contributed by atoms with van der Waals surface area (Å²) in [5.41, 5.74) is -1.15. The first kappa shape index (κ1) is 17.6. The van der Waals surface area contributed by atoms with Gasteiger partial charge < -0.3 is 9.47 Å². The minimum Gasteiger partial charge on any atom is -0.374 e. The Kier molecular flexibility index (Phi) is 5.15. The fraction of sp³-hybridized carbons (Fsp3) is 0.444. The molecular weight excluding hydrogens is 327 g/mol. The Labute approximate surface area is 144 Å². The molecule has 2 heterocycles. The maximum atomic E-state index is 14.3. The normalized spacial score (nSPS) is 24.3. The molecule has 6 nitrogen and oxygen atoms in total. The number of nitrogens with zero attached hydrogens (tertiary/aromatic N) is 1. The van der Waals surface area contributed by atoms with Crippen LogP contribution in [0.4, 0.5) is 4.39 Å². The molecule has 7 heteroatoms. The van der Waals surface area contributed by atoms with Crippen LogP contribution in [-0.2, 0) is 16.1 Å². The molecule has 0 saturated carbocycles. The van der Waals surface area contributed by atoms with Crippen LogP contribution in [0, 0.1) is 0 Å². The van der Waals surface area contributed by atoms with Gasteiger partial charge in [0.2, 0.25) is 0 Å². The van der Waals surface area contributed by atoms with Crippen molar-refractivity contribution in [2.24, 2.45) is 0 Å². The van der Waals surface area contributed by atoms with E-state index in [4.69, 9.17) is 9.47 Å². The largest absolute Gasteiger partial charge is 0.374 e. The van der Waals surface area contributed by atoms with Crippen LogP contribution in [0.25, 0.3) is 0 Å². The van der Waals surface area contributed by atoms with Crippen molar-refractivity contribution in [3.05, 3.63) is 69.0 Å². The average Bonchev–Trinajstić information content (AvgIpc) is 3.01. The molecular formula is C18H21FN2O4. The zero-order valence-electron chi connectivity index (χ0n) is 14.0. The van der Waals surface area contributed by atoms with Crippen molar-refractivity contribution in [1.29, 1.82) is 0 Å². The van der Waals surface area contributed by atoms with Gasteiger partial charge in [-0.05, 0) is 25.3 Å². The molecule has 1 aromatic carbocycles. The summed E-state index contributed by atoms with van der Waals surface area (Å²) < 4.78 is 27.2. The van der Waals surface area contributed by atoms with Gasteiger partial charge in [0.15, 0.2) is 0 Å². The van der Waals surface area contributed by atoms with E-state index in [1.165, 1.54) is 23.8 Å². The molecule has 0 spiro atoms. The first-order chi connectivity index (χ1) is 12.0. The number of benzene rings is 1. The third-order valence-electron chi connectivity index (χ3n) is 4.53. The second-order valence-electron chi connectivity index (χ2n) is 6.29. The fourth-order valence-corrected chi connectivity index (χ4v) is 3.04. The number of aromatic nitrogens is 2. The minimum absolute atomic E-state index is 0.0914. The summed E-state index contributed by atoms with van der Waals surface area (Å²) in [6.07, 6.45) is 0.384. The Bertz CT molecular complexity index is 818. The average molecular weight is 348 g/mol. The van der Waals surface area contributed by atoms with Crippen molar-refractivity contribution in [1.82, 2.24) is 9.55 Å². The van der Waals surface area contributed by atoms with E-state index in [1.807, 2.05) is 30.3 Å². The Hall–Kier alpha value is -2.25. The van der Waals surface area contributed by atoms with E-state index < -0.39 is 29.2 Å². The summed E-state index contributed by atoms with van der Waals surface area (Å²) in [6.45, 7) is 1.89. The number of halogens is 1. The van der Waals surface area contributed by atoms with Crippen molar-refractivity contribution >= 4 is 0 Å². The van der Waals surface area contributed by atoms with Crippen LogP contribution in [0.1, 0.15) is 31.6 Å². The van der Waals surface area contributed by atoms with Crippen LogP contribution in [-0.4, -0.2) is 27.9 Å². The van der Waals surface area contributed by atoms with E-state index in [1.54, 1.807) is 0 Å². The van der Waals surface area contributed by atoms with E-state index in [-0.39, 0.29) is 6.61 Å². The monoisotopic (exact) mass is 348 g/mol. The highest BCUT2D eigenvalue weighted by Gasteiger charge is 2.46. The Balaban J connectivity index is 1.69. The molecule has 3 atom stereocenters. The fourth-order valence-electron chi connectivity index (χ4n) is 3.04. The third-order valence-corrected chi connectivity index (χ3v) is 4.53. The van der Waals surface area contributed by atoms with Crippen molar-refractivity contribution in [2.45, 2.75) is 44.4 Å². The highest BCUT2D eigenvalue weighted by atomic mass is 19.1. The van der Waals surface area contributed by atoms with Gasteiger partial charge in [-0.25, -0.2) is 9.18 Å². The van der Waals surface area contributed by atoms with Gasteiger partial charge in [0.1, 0.15) is 18.0 Å². The van der Waals surface area contributed by atoms with Crippen molar-refractivity contribution in [2.75, 3.05) is 6.61 Å². The smallest absolute Gasteiger partial charge is 0.330 e. The van der Waals surface area contributed by atoms with Crippen molar-refractivity contribution in [3.63, 3.8) is 0 Å². The highest BCUT2D eigenvalue weighted by molar-refractivity contribution is 5.13. The molecule has 1 aliphatic rings. The number of aromatic amines is 1. The molecule has 3 rings (SSSR count). The number of hydrogen-bond donors (Lipinski definition) is 1. The molecule has 1 aromatic heterocycles. The maximum Gasteiger partial charge on any atom is 0.330 e. The second-order valence-corrected chi connectivity index (χ2v) is 6.29. The van der Waals surface area contributed by atoms with Crippen LogP contribution < -0.4 is 11.2 Å². The number of alkyl halides is 1. The van der Waals surface area contributed by atoms with Crippen LogP contribution in [0.5, 0.6) is 0 Å². The molecule has 0 radical (unpaired) electrons. The van der Waals surface area contributed by atoms with Gasteiger partial charge in [-0.1, -0.05) is 30.3 Å². The Morgan fingerprint density at radius 2 is 2.12 bits per heavy atom. The van der Waals surface area contributed by atoms with Crippen LogP contribution in [0.3, 0.4) is 0 Å². The van der Waals surface area contributed by atoms with Crippen molar-refractivity contribution in [3.8, 4) is 0 Å². The number of ether oxygens (including phenoxy) is 2. The van der Waals surface area contributed by atoms with Gasteiger partial charge >= 0.3 is 5.69 Å². The van der Waals surface area contributed by atoms with Gasteiger partial charge in [0.25, 0.3) is 5.56 Å². The summed E-state index contributed by atoms with van der Waals surface area (Å²) in [6, 6.07) is 10.9. The Morgan fingerprint density at radius 1 is 1.36 bits per heavy atom. The van der Waals surface area contributed by atoms with E-state index in [0.29, 0.717) is 19.4 Å². The lowest BCUT2D eigenvalue weighted by Crippen LogP contribution is -2.43. The topological polar surface area (TPSA) is 73.3 Å². The summed E-state index contributed by atoms with van der Waals surface area (Å²) in [4.78, 5) is 25.3. The van der Waals surface area contributed by atoms with E-state index in [2.05, 4.69) is 4.98 Å². The minimum atomic E-state index is -1.26. The third kappa shape index (κ3) is 3.88. The molecule has 1 fully saturated rings. The quantitative estimate of drug-likeness (QED) is 0.868. The number of hydrogen-bond acceptors (Lipinski definition) is 4. The first-order valence-electron chi connectivity index (χ1n) is 8.25. The van der Waals surface area contributed by atoms with Gasteiger partial charge in [0.05, 0.1) is 13.2 Å². The van der Waals surface area contributed by atoms with Crippen LogP contribution in [0.2, 0.25) is 0 Å². The molecule has 1 N–H and O–H groups in total. The molecule has 0 amide bonds. The van der Waals surface area contributed by atoms with E-state index in [0.717, 1.165) is 5.56 Å². The summed E-state index contributed by atoms with van der Waals surface area (Å²) in [7, 11) is 0. The molecule has 2 aromatic rings. The van der Waals surface area contributed by atoms with Crippen molar-refractivity contribution < 1.29 is 13.9 Å². The van der Waals surface area contributed by atoms with Gasteiger partial charge in [-0.3, -0.25) is 14.3 Å².